The summed E-state index contributed by atoms with van der Waals surface area (Å²) in [6, 6.07) is 3.36. The molecule has 0 radical (unpaired) electrons. The molecule has 3 rings (SSSR count). The number of nitrogens with two attached hydrogens (primary N) is 1. The number of nitrogen functional groups attached to an aromatic ring is 1. The number of piperazine rings is 1. The van der Waals surface area contributed by atoms with E-state index in [0.717, 1.165) is 19.0 Å². The number of aryl methyl sites for hydroxylation is 1. The van der Waals surface area contributed by atoms with Crippen LogP contribution in [-0.4, -0.2) is 57.8 Å². The van der Waals surface area contributed by atoms with E-state index in [4.69, 9.17) is 5.73 Å². The Hall–Kier alpha value is -1.07. The smallest absolute Gasteiger partial charge is 0.145 e. The summed E-state index contributed by atoms with van der Waals surface area (Å²) in [5.41, 5.74) is 5.64. The van der Waals surface area contributed by atoms with Gasteiger partial charge in [0.2, 0.25) is 0 Å². The number of rotatable bonds is 4. The van der Waals surface area contributed by atoms with Crippen LogP contribution in [0.2, 0.25) is 0 Å². The Labute approximate surface area is 121 Å². The van der Waals surface area contributed by atoms with E-state index in [1.165, 1.54) is 45.4 Å². The molecule has 0 bridgehead atoms. The summed E-state index contributed by atoms with van der Waals surface area (Å²) in [5.74, 6) is 0.620. The van der Waals surface area contributed by atoms with Crippen molar-refractivity contribution in [1.82, 2.24) is 19.6 Å². The van der Waals surface area contributed by atoms with E-state index >= 15 is 0 Å². The molecular weight excluding hydrogens is 250 g/mol. The Kier molecular flexibility index (Phi) is 4.27. The maximum Gasteiger partial charge on any atom is 0.145 e. The van der Waals surface area contributed by atoms with Crippen molar-refractivity contribution < 1.29 is 0 Å². The summed E-state index contributed by atoms with van der Waals surface area (Å²) >= 11 is 0. The summed E-state index contributed by atoms with van der Waals surface area (Å²) < 4.78 is 1.96. The lowest BCUT2D eigenvalue weighted by Gasteiger charge is -2.47. The molecule has 5 nitrogen and oxygen atoms in total. The van der Waals surface area contributed by atoms with Crippen molar-refractivity contribution in [2.24, 2.45) is 0 Å². The number of anilines is 1. The molecule has 0 aromatic carbocycles. The van der Waals surface area contributed by atoms with Crippen molar-refractivity contribution in [3.8, 4) is 0 Å². The van der Waals surface area contributed by atoms with Gasteiger partial charge in [-0.1, -0.05) is 6.42 Å². The number of aromatic nitrogens is 2. The van der Waals surface area contributed by atoms with Gasteiger partial charge in [-0.05, 0) is 38.8 Å². The molecule has 2 aliphatic heterocycles. The molecule has 5 heteroatoms. The standard InChI is InChI=1S/C15H27N5/c1-13-11-19-7-3-2-5-14(19)12-18(13)8-4-9-20-10-6-15(16)17-20/h6,10,13-14H,2-5,7-9,11-12H2,1H3,(H2,16,17). The molecule has 0 amide bonds. The summed E-state index contributed by atoms with van der Waals surface area (Å²) in [7, 11) is 0. The minimum Gasteiger partial charge on any atom is -0.382 e. The van der Waals surface area contributed by atoms with Crippen molar-refractivity contribution in [2.45, 2.75) is 51.2 Å². The van der Waals surface area contributed by atoms with Gasteiger partial charge in [-0.25, -0.2) is 0 Å². The molecule has 20 heavy (non-hydrogen) atoms. The first-order valence-electron chi connectivity index (χ1n) is 7.99. The number of fused-ring (bicyclic) bond motifs is 1. The van der Waals surface area contributed by atoms with Crippen molar-refractivity contribution in [3.63, 3.8) is 0 Å². The van der Waals surface area contributed by atoms with Crippen LogP contribution in [0.4, 0.5) is 5.82 Å². The zero-order valence-corrected chi connectivity index (χ0v) is 12.5. The van der Waals surface area contributed by atoms with Gasteiger partial charge in [0, 0.05) is 44.5 Å². The Balaban J connectivity index is 1.47. The monoisotopic (exact) mass is 277 g/mol. The van der Waals surface area contributed by atoms with Crippen LogP contribution in [0.15, 0.2) is 12.3 Å². The molecule has 1 aromatic rings. The summed E-state index contributed by atoms with van der Waals surface area (Å²) in [6.07, 6.45) is 7.31. The van der Waals surface area contributed by atoms with E-state index in [-0.39, 0.29) is 0 Å². The Morgan fingerprint density at radius 3 is 3.00 bits per heavy atom. The molecule has 2 unspecified atom stereocenters. The molecule has 2 aliphatic rings. The summed E-state index contributed by atoms with van der Waals surface area (Å²) in [6.45, 7) is 8.33. The minimum atomic E-state index is 0.620. The highest BCUT2D eigenvalue weighted by Gasteiger charge is 2.32. The zero-order valence-electron chi connectivity index (χ0n) is 12.5. The van der Waals surface area contributed by atoms with Crippen LogP contribution in [0.25, 0.3) is 0 Å². The fourth-order valence-corrected chi connectivity index (χ4v) is 3.66. The highest BCUT2D eigenvalue weighted by Crippen LogP contribution is 2.24. The first-order valence-corrected chi connectivity index (χ1v) is 7.99. The summed E-state index contributed by atoms with van der Waals surface area (Å²) in [5, 5.41) is 4.25. The second kappa shape index (κ2) is 6.14. The van der Waals surface area contributed by atoms with Crippen LogP contribution in [-0.2, 0) is 6.54 Å². The number of piperidine rings is 1. The molecule has 3 heterocycles. The van der Waals surface area contributed by atoms with E-state index in [1.54, 1.807) is 0 Å². The second-order valence-electron chi connectivity index (χ2n) is 6.35. The predicted molar refractivity (Wildman–Crippen MR) is 81.5 cm³/mol. The Bertz CT molecular complexity index is 430. The highest BCUT2D eigenvalue weighted by molar-refractivity contribution is 5.23. The van der Waals surface area contributed by atoms with Gasteiger partial charge in [-0.2, -0.15) is 5.10 Å². The average molecular weight is 277 g/mol. The van der Waals surface area contributed by atoms with E-state index < -0.39 is 0 Å². The van der Waals surface area contributed by atoms with Crippen molar-refractivity contribution in [3.05, 3.63) is 12.3 Å². The third-order valence-corrected chi connectivity index (χ3v) is 4.81. The fraction of sp³-hybridized carbons (Fsp3) is 0.800. The van der Waals surface area contributed by atoms with Gasteiger partial charge in [0.05, 0.1) is 0 Å². The predicted octanol–water partition coefficient (Wildman–Crippen LogP) is 1.41. The maximum absolute atomic E-state index is 5.64. The first kappa shape index (κ1) is 13.9. The van der Waals surface area contributed by atoms with E-state index in [0.29, 0.717) is 11.9 Å². The zero-order chi connectivity index (χ0) is 13.9. The van der Waals surface area contributed by atoms with Crippen LogP contribution >= 0.6 is 0 Å². The third-order valence-electron chi connectivity index (χ3n) is 4.81. The van der Waals surface area contributed by atoms with Gasteiger partial charge in [0.15, 0.2) is 0 Å². The molecule has 2 saturated heterocycles. The number of hydrogen-bond acceptors (Lipinski definition) is 4. The van der Waals surface area contributed by atoms with Crippen LogP contribution in [0.5, 0.6) is 0 Å². The van der Waals surface area contributed by atoms with Gasteiger partial charge in [-0.3, -0.25) is 14.5 Å². The van der Waals surface area contributed by atoms with Gasteiger partial charge in [-0.15, -0.1) is 0 Å². The quantitative estimate of drug-likeness (QED) is 0.904. The van der Waals surface area contributed by atoms with Crippen LogP contribution < -0.4 is 5.73 Å². The van der Waals surface area contributed by atoms with Gasteiger partial charge < -0.3 is 5.73 Å². The van der Waals surface area contributed by atoms with E-state index in [9.17, 15) is 0 Å². The lowest BCUT2D eigenvalue weighted by Crippen LogP contribution is -2.58. The maximum atomic E-state index is 5.64. The SMILES string of the molecule is CC1CN2CCCCC2CN1CCCn1ccc(N)n1. The molecule has 1 aromatic heterocycles. The minimum absolute atomic E-state index is 0.620. The van der Waals surface area contributed by atoms with E-state index in [2.05, 4.69) is 21.8 Å². The molecule has 0 spiro atoms. The van der Waals surface area contributed by atoms with Crippen LogP contribution in [0.1, 0.15) is 32.6 Å². The van der Waals surface area contributed by atoms with Gasteiger partial charge in [0.25, 0.3) is 0 Å². The molecule has 2 atom stereocenters. The molecule has 0 aliphatic carbocycles. The molecule has 112 valence electrons. The first-order chi connectivity index (χ1) is 9.72. The van der Waals surface area contributed by atoms with Gasteiger partial charge >= 0.3 is 0 Å². The highest BCUT2D eigenvalue weighted by atomic mass is 15.3. The Morgan fingerprint density at radius 1 is 1.30 bits per heavy atom. The average Bonchev–Trinajstić information content (AvgIpc) is 2.85. The van der Waals surface area contributed by atoms with Crippen molar-refractivity contribution in [1.29, 1.82) is 0 Å². The third kappa shape index (κ3) is 3.15. The second-order valence-corrected chi connectivity index (χ2v) is 6.35. The van der Waals surface area contributed by atoms with E-state index in [1.807, 2.05) is 16.9 Å². The molecular formula is C15H27N5. The van der Waals surface area contributed by atoms with Crippen LogP contribution in [0.3, 0.4) is 0 Å². The normalized spacial score (nSPS) is 28.4. The molecule has 2 N–H and O–H groups in total. The Morgan fingerprint density at radius 2 is 2.20 bits per heavy atom. The van der Waals surface area contributed by atoms with Crippen LogP contribution in [0, 0.1) is 0 Å². The topological polar surface area (TPSA) is 50.3 Å². The number of hydrogen-bond donors (Lipinski definition) is 1. The largest absolute Gasteiger partial charge is 0.382 e. The molecule has 0 saturated carbocycles. The van der Waals surface area contributed by atoms with Gasteiger partial charge in [0.1, 0.15) is 5.82 Å². The lowest BCUT2D eigenvalue weighted by atomic mass is 9.97. The van der Waals surface area contributed by atoms with Crippen molar-refractivity contribution >= 4 is 5.82 Å². The number of nitrogens with zero attached hydrogens (tertiary/aromatic N) is 4. The van der Waals surface area contributed by atoms with Crippen molar-refractivity contribution in [2.75, 3.05) is 31.9 Å². The summed E-state index contributed by atoms with van der Waals surface area (Å²) in [4.78, 5) is 5.37. The fourth-order valence-electron chi connectivity index (χ4n) is 3.66. The molecule has 2 fully saturated rings. The lowest BCUT2D eigenvalue weighted by molar-refractivity contribution is 0.0143.